The van der Waals surface area contributed by atoms with Crippen molar-refractivity contribution in [3.8, 4) is 11.5 Å². The van der Waals surface area contributed by atoms with Crippen molar-refractivity contribution < 1.29 is 23.5 Å². The molecule has 0 saturated heterocycles. The first-order valence-corrected chi connectivity index (χ1v) is 12.8. The second kappa shape index (κ2) is 10.1. The van der Waals surface area contributed by atoms with E-state index in [2.05, 4.69) is 39.1 Å². The Balaban J connectivity index is 1.49. The van der Waals surface area contributed by atoms with Crippen molar-refractivity contribution in [3.05, 3.63) is 81.8 Å². The number of methoxy groups -OCH3 is 2. The normalized spacial score (nSPS) is 15.5. The van der Waals surface area contributed by atoms with Gasteiger partial charge in [0.05, 0.1) is 14.2 Å². The van der Waals surface area contributed by atoms with Crippen LogP contribution < -0.4 is 14.8 Å². The molecule has 0 bridgehead atoms. The summed E-state index contributed by atoms with van der Waals surface area (Å²) in [6.45, 7) is 11.4. The SMILES string of the molecule is COc1ccc(OC)c(CCNC(=O)c2ccc(C(=O)c3cc4c(cc3C)C(C)(C)CCC4(C)C)o2)c1. The van der Waals surface area contributed by atoms with Gasteiger partial charge in [-0.1, -0.05) is 33.8 Å². The Morgan fingerprint density at radius 1 is 0.892 bits per heavy atom. The molecule has 1 aliphatic carbocycles. The van der Waals surface area contributed by atoms with Crippen molar-refractivity contribution in [2.24, 2.45) is 0 Å². The molecule has 0 fully saturated rings. The molecular weight excluding hydrogens is 466 g/mol. The monoisotopic (exact) mass is 503 g/mol. The zero-order valence-corrected chi connectivity index (χ0v) is 22.9. The van der Waals surface area contributed by atoms with Crippen LogP contribution in [0.3, 0.4) is 0 Å². The molecular formula is C31H37NO5. The minimum atomic E-state index is -0.369. The Morgan fingerprint density at radius 3 is 2.19 bits per heavy atom. The van der Waals surface area contributed by atoms with E-state index in [4.69, 9.17) is 13.9 Å². The Labute approximate surface area is 219 Å². The van der Waals surface area contributed by atoms with Gasteiger partial charge >= 0.3 is 0 Å². The molecule has 0 saturated carbocycles. The van der Waals surface area contributed by atoms with Crippen LogP contribution in [0.25, 0.3) is 0 Å². The fourth-order valence-corrected chi connectivity index (χ4v) is 5.16. The maximum atomic E-state index is 13.4. The lowest BCUT2D eigenvalue weighted by Crippen LogP contribution is -2.34. The third-order valence-corrected chi connectivity index (χ3v) is 7.66. The average Bonchev–Trinajstić information content (AvgIpc) is 3.37. The van der Waals surface area contributed by atoms with E-state index in [0.29, 0.717) is 18.5 Å². The molecule has 37 heavy (non-hydrogen) atoms. The molecule has 2 aromatic carbocycles. The Hall–Kier alpha value is -3.54. The van der Waals surface area contributed by atoms with Crippen molar-refractivity contribution in [1.82, 2.24) is 5.32 Å². The van der Waals surface area contributed by atoms with Crippen molar-refractivity contribution in [3.63, 3.8) is 0 Å². The van der Waals surface area contributed by atoms with Gasteiger partial charge in [0.15, 0.2) is 11.5 Å². The number of amides is 1. The first-order valence-electron chi connectivity index (χ1n) is 12.8. The Kier molecular flexibility index (Phi) is 7.22. The molecule has 0 spiro atoms. The maximum absolute atomic E-state index is 13.4. The summed E-state index contributed by atoms with van der Waals surface area (Å²) in [6, 6.07) is 12.9. The number of hydrogen-bond acceptors (Lipinski definition) is 5. The third-order valence-electron chi connectivity index (χ3n) is 7.66. The Morgan fingerprint density at radius 2 is 1.54 bits per heavy atom. The molecule has 1 aromatic heterocycles. The van der Waals surface area contributed by atoms with E-state index in [1.165, 1.54) is 11.1 Å². The predicted molar refractivity (Wildman–Crippen MR) is 144 cm³/mol. The summed E-state index contributed by atoms with van der Waals surface area (Å²) in [6.07, 6.45) is 2.73. The number of fused-ring (bicyclic) bond motifs is 1. The highest BCUT2D eigenvalue weighted by molar-refractivity contribution is 6.09. The molecule has 3 aromatic rings. The predicted octanol–water partition coefficient (Wildman–Crippen LogP) is 6.16. The van der Waals surface area contributed by atoms with Gasteiger partial charge in [0, 0.05) is 12.1 Å². The van der Waals surface area contributed by atoms with E-state index in [1.54, 1.807) is 26.4 Å². The molecule has 6 nitrogen and oxygen atoms in total. The summed E-state index contributed by atoms with van der Waals surface area (Å²) in [7, 11) is 3.22. The minimum absolute atomic E-state index is 0.00670. The number of carbonyl (C=O) groups excluding carboxylic acids is 2. The second-order valence-corrected chi connectivity index (χ2v) is 11.2. The third kappa shape index (κ3) is 5.29. The summed E-state index contributed by atoms with van der Waals surface area (Å²) >= 11 is 0. The van der Waals surface area contributed by atoms with Gasteiger partial charge in [0.25, 0.3) is 5.91 Å². The Bertz CT molecular complexity index is 1330. The number of benzene rings is 2. The molecule has 1 heterocycles. The number of hydrogen-bond donors (Lipinski definition) is 1. The number of carbonyl (C=O) groups is 2. The van der Waals surface area contributed by atoms with Crippen LogP contribution in [0.1, 0.15) is 89.5 Å². The number of ketones is 1. The second-order valence-electron chi connectivity index (χ2n) is 11.2. The van der Waals surface area contributed by atoms with Gasteiger partial charge in [-0.3, -0.25) is 9.59 Å². The van der Waals surface area contributed by atoms with Crippen molar-refractivity contribution in [1.29, 1.82) is 0 Å². The van der Waals surface area contributed by atoms with Crippen LogP contribution in [0, 0.1) is 6.92 Å². The fourth-order valence-electron chi connectivity index (χ4n) is 5.16. The lowest BCUT2D eigenvalue weighted by Gasteiger charge is -2.42. The summed E-state index contributed by atoms with van der Waals surface area (Å²) in [5.41, 5.74) is 5.06. The highest BCUT2D eigenvalue weighted by Crippen LogP contribution is 2.46. The van der Waals surface area contributed by atoms with Gasteiger partial charge < -0.3 is 19.2 Å². The molecule has 196 valence electrons. The standard InChI is InChI=1S/C31H37NO5/c1-19-16-23-24(31(4,5)14-13-30(23,2)3)18-22(19)28(33)26-10-11-27(37-26)29(34)32-15-12-20-17-21(35-6)8-9-25(20)36-7/h8-11,16-18H,12-15H2,1-7H3,(H,32,34). The fraction of sp³-hybridized carbons (Fsp3) is 0.419. The number of rotatable bonds is 8. The van der Waals surface area contributed by atoms with Gasteiger partial charge in [0.1, 0.15) is 11.5 Å². The minimum Gasteiger partial charge on any atom is -0.497 e. The zero-order chi connectivity index (χ0) is 27.0. The summed E-state index contributed by atoms with van der Waals surface area (Å²) in [5.74, 6) is 1.15. The van der Waals surface area contributed by atoms with Gasteiger partial charge in [-0.15, -0.1) is 0 Å². The molecule has 0 atom stereocenters. The van der Waals surface area contributed by atoms with E-state index in [-0.39, 0.29) is 34.0 Å². The maximum Gasteiger partial charge on any atom is 0.287 e. The first-order chi connectivity index (χ1) is 17.5. The number of aryl methyl sites for hydroxylation is 1. The van der Waals surface area contributed by atoms with Gasteiger partial charge in [-0.05, 0) is 95.7 Å². The molecule has 6 heteroatoms. The molecule has 0 radical (unpaired) electrons. The summed E-state index contributed by atoms with van der Waals surface area (Å²) in [4.78, 5) is 26.2. The van der Waals surface area contributed by atoms with E-state index in [0.717, 1.165) is 35.5 Å². The largest absolute Gasteiger partial charge is 0.497 e. The molecule has 1 N–H and O–H groups in total. The quantitative estimate of drug-likeness (QED) is 0.373. The smallest absolute Gasteiger partial charge is 0.287 e. The topological polar surface area (TPSA) is 77.8 Å². The lowest BCUT2D eigenvalue weighted by molar-refractivity contribution is 0.0920. The van der Waals surface area contributed by atoms with E-state index in [9.17, 15) is 9.59 Å². The van der Waals surface area contributed by atoms with Gasteiger partial charge in [-0.25, -0.2) is 0 Å². The molecule has 1 amide bonds. The molecule has 1 aliphatic rings. The number of furan rings is 1. The van der Waals surface area contributed by atoms with Crippen LogP contribution in [0.15, 0.2) is 46.9 Å². The van der Waals surface area contributed by atoms with Crippen LogP contribution >= 0.6 is 0 Å². The molecule has 0 aliphatic heterocycles. The van der Waals surface area contributed by atoms with Crippen LogP contribution in [-0.2, 0) is 17.3 Å². The first kappa shape index (κ1) is 26.5. The number of nitrogens with one attached hydrogen (secondary N) is 1. The zero-order valence-electron chi connectivity index (χ0n) is 22.9. The van der Waals surface area contributed by atoms with Crippen LogP contribution in [0.2, 0.25) is 0 Å². The number of ether oxygens (including phenoxy) is 2. The molecule has 0 unspecified atom stereocenters. The molecule has 4 rings (SSSR count). The lowest BCUT2D eigenvalue weighted by atomic mass is 9.62. The van der Waals surface area contributed by atoms with Gasteiger partial charge in [-0.2, -0.15) is 0 Å². The van der Waals surface area contributed by atoms with Crippen molar-refractivity contribution >= 4 is 11.7 Å². The highest BCUT2D eigenvalue weighted by Gasteiger charge is 2.38. The van der Waals surface area contributed by atoms with Crippen LogP contribution in [0.4, 0.5) is 0 Å². The van der Waals surface area contributed by atoms with Crippen LogP contribution in [0.5, 0.6) is 11.5 Å². The van der Waals surface area contributed by atoms with Crippen LogP contribution in [-0.4, -0.2) is 32.5 Å². The van der Waals surface area contributed by atoms with Gasteiger partial charge in [0.2, 0.25) is 5.78 Å². The van der Waals surface area contributed by atoms with E-state index < -0.39 is 0 Å². The van der Waals surface area contributed by atoms with E-state index in [1.807, 2.05) is 31.2 Å². The summed E-state index contributed by atoms with van der Waals surface area (Å²) < 4.78 is 16.4. The average molecular weight is 504 g/mol. The van der Waals surface area contributed by atoms with Crippen molar-refractivity contribution in [2.75, 3.05) is 20.8 Å². The summed E-state index contributed by atoms with van der Waals surface area (Å²) in [5, 5.41) is 2.86. The van der Waals surface area contributed by atoms with Crippen molar-refractivity contribution in [2.45, 2.75) is 64.7 Å². The highest BCUT2D eigenvalue weighted by atomic mass is 16.5. The van der Waals surface area contributed by atoms with E-state index >= 15 is 0 Å².